The van der Waals surface area contributed by atoms with E-state index in [1.807, 2.05) is 0 Å². The van der Waals surface area contributed by atoms with Crippen LogP contribution in [0.1, 0.15) is 5.56 Å². The van der Waals surface area contributed by atoms with Gasteiger partial charge >= 0.3 is 12.2 Å². The third-order valence-electron chi connectivity index (χ3n) is 4.17. The SMILES string of the molecule is COc1nc(N)cc(Oc2ccc(-c3nnc(Nc4cccc(C(F)(F)F)c4)[nH]3)cc2)n1. The van der Waals surface area contributed by atoms with E-state index < -0.39 is 11.7 Å². The van der Waals surface area contributed by atoms with Crippen molar-refractivity contribution < 1.29 is 22.6 Å². The number of aromatic nitrogens is 5. The van der Waals surface area contributed by atoms with Crippen LogP contribution in [0.3, 0.4) is 0 Å². The van der Waals surface area contributed by atoms with Crippen LogP contribution in [0.5, 0.6) is 17.6 Å². The fourth-order valence-electron chi connectivity index (χ4n) is 2.72. The molecule has 0 aliphatic rings. The Morgan fingerprint density at radius 3 is 2.50 bits per heavy atom. The van der Waals surface area contributed by atoms with Crippen molar-refractivity contribution in [2.24, 2.45) is 0 Å². The normalized spacial score (nSPS) is 11.2. The third-order valence-corrected chi connectivity index (χ3v) is 4.17. The standard InChI is InChI=1S/C20H16F3N7O2/c1-31-19-26-15(24)10-16(27-19)32-14-7-5-11(6-8-14)17-28-18(30-29-17)25-13-4-2-3-12(9-13)20(21,22)23/h2-10H,1H3,(H2,24,26,27)(H2,25,28,29,30). The number of anilines is 3. The van der Waals surface area contributed by atoms with E-state index in [1.54, 1.807) is 24.3 Å². The Hall–Kier alpha value is -4.35. The van der Waals surface area contributed by atoms with Gasteiger partial charge in [0.05, 0.1) is 12.7 Å². The molecule has 2 aromatic heterocycles. The van der Waals surface area contributed by atoms with Gasteiger partial charge in [0.15, 0.2) is 5.82 Å². The predicted molar refractivity (Wildman–Crippen MR) is 110 cm³/mol. The van der Waals surface area contributed by atoms with Crippen LogP contribution in [0.4, 0.5) is 30.6 Å². The molecule has 2 heterocycles. The number of aromatic amines is 1. The fourth-order valence-corrected chi connectivity index (χ4v) is 2.72. The Morgan fingerprint density at radius 2 is 1.78 bits per heavy atom. The van der Waals surface area contributed by atoms with Gasteiger partial charge in [0.1, 0.15) is 11.6 Å². The van der Waals surface area contributed by atoms with Crippen LogP contribution in [0.2, 0.25) is 0 Å². The summed E-state index contributed by atoms with van der Waals surface area (Å²) in [5, 5.41) is 10.7. The second-order valence-corrected chi connectivity index (χ2v) is 6.47. The van der Waals surface area contributed by atoms with Crippen molar-refractivity contribution in [3.05, 3.63) is 60.2 Å². The van der Waals surface area contributed by atoms with E-state index in [-0.39, 0.29) is 29.3 Å². The zero-order valence-electron chi connectivity index (χ0n) is 16.5. The summed E-state index contributed by atoms with van der Waals surface area (Å²) in [6, 6.07) is 13.1. The van der Waals surface area contributed by atoms with Crippen molar-refractivity contribution in [3.8, 4) is 29.0 Å². The number of nitrogens with one attached hydrogen (secondary N) is 2. The molecule has 0 atom stereocenters. The van der Waals surface area contributed by atoms with Gasteiger partial charge in [0, 0.05) is 17.3 Å². The topological polar surface area (TPSA) is 124 Å². The van der Waals surface area contributed by atoms with Crippen molar-refractivity contribution >= 4 is 17.5 Å². The number of H-pyrrole nitrogens is 1. The Morgan fingerprint density at radius 1 is 1.00 bits per heavy atom. The van der Waals surface area contributed by atoms with E-state index in [1.165, 1.54) is 25.3 Å². The lowest BCUT2D eigenvalue weighted by Gasteiger charge is -2.08. The molecule has 0 aliphatic carbocycles. The van der Waals surface area contributed by atoms with Crippen LogP contribution in [-0.4, -0.2) is 32.3 Å². The Kier molecular flexibility index (Phi) is 5.50. The molecule has 0 fully saturated rings. The molecule has 12 heteroatoms. The molecule has 4 aromatic rings. The van der Waals surface area contributed by atoms with Crippen molar-refractivity contribution in [2.45, 2.75) is 6.18 Å². The highest BCUT2D eigenvalue weighted by Crippen LogP contribution is 2.31. The lowest BCUT2D eigenvalue weighted by molar-refractivity contribution is -0.137. The average molecular weight is 443 g/mol. The summed E-state index contributed by atoms with van der Waals surface area (Å²) in [6.07, 6.45) is -4.43. The molecule has 0 saturated carbocycles. The Labute approximate surface area is 179 Å². The van der Waals surface area contributed by atoms with E-state index in [9.17, 15) is 13.2 Å². The van der Waals surface area contributed by atoms with Gasteiger partial charge in [-0.15, -0.1) is 10.2 Å². The molecular weight excluding hydrogens is 427 g/mol. The number of halogens is 3. The van der Waals surface area contributed by atoms with E-state index in [4.69, 9.17) is 15.2 Å². The highest BCUT2D eigenvalue weighted by atomic mass is 19.4. The molecule has 4 rings (SSSR count). The number of rotatable bonds is 6. The summed E-state index contributed by atoms with van der Waals surface area (Å²) in [7, 11) is 1.42. The van der Waals surface area contributed by atoms with Crippen molar-refractivity contribution in [1.29, 1.82) is 0 Å². The molecule has 2 aromatic carbocycles. The number of ether oxygens (including phenoxy) is 2. The highest BCUT2D eigenvalue weighted by molar-refractivity contribution is 5.60. The number of hydrogen-bond donors (Lipinski definition) is 3. The summed E-state index contributed by atoms with van der Waals surface area (Å²) < 4.78 is 49.2. The Balaban J connectivity index is 1.46. The molecule has 4 N–H and O–H groups in total. The quantitative estimate of drug-likeness (QED) is 0.400. The zero-order chi connectivity index (χ0) is 22.7. The number of nitrogen functional groups attached to an aromatic ring is 1. The summed E-state index contributed by atoms with van der Waals surface area (Å²) >= 11 is 0. The monoisotopic (exact) mass is 443 g/mol. The fraction of sp³-hybridized carbons (Fsp3) is 0.100. The van der Waals surface area contributed by atoms with Crippen LogP contribution in [-0.2, 0) is 6.18 Å². The van der Waals surface area contributed by atoms with Crippen molar-refractivity contribution in [1.82, 2.24) is 25.1 Å². The molecular formula is C20H16F3N7O2. The van der Waals surface area contributed by atoms with Crippen LogP contribution in [0, 0.1) is 0 Å². The second-order valence-electron chi connectivity index (χ2n) is 6.47. The van der Waals surface area contributed by atoms with Crippen LogP contribution in [0.15, 0.2) is 54.6 Å². The molecule has 0 unspecified atom stereocenters. The summed E-state index contributed by atoms with van der Waals surface area (Å²) in [4.78, 5) is 10.8. The van der Waals surface area contributed by atoms with Crippen LogP contribution >= 0.6 is 0 Å². The predicted octanol–water partition coefficient (Wildman–Crippen LogP) is 4.41. The van der Waals surface area contributed by atoms with Gasteiger partial charge < -0.3 is 25.5 Å². The largest absolute Gasteiger partial charge is 0.467 e. The molecule has 164 valence electrons. The minimum absolute atomic E-state index is 0.0825. The average Bonchev–Trinajstić information content (AvgIpc) is 3.22. The van der Waals surface area contributed by atoms with Gasteiger partial charge in [-0.2, -0.15) is 23.1 Å². The number of hydrogen-bond acceptors (Lipinski definition) is 8. The molecule has 0 saturated heterocycles. The number of methoxy groups -OCH3 is 1. The number of alkyl halides is 3. The first-order chi connectivity index (χ1) is 15.3. The maximum atomic E-state index is 12.9. The molecule has 0 radical (unpaired) electrons. The van der Waals surface area contributed by atoms with Gasteiger partial charge in [-0.1, -0.05) is 6.07 Å². The molecule has 0 bridgehead atoms. The van der Waals surface area contributed by atoms with E-state index in [0.717, 1.165) is 12.1 Å². The van der Waals surface area contributed by atoms with Crippen LogP contribution in [0.25, 0.3) is 11.4 Å². The highest BCUT2D eigenvalue weighted by Gasteiger charge is 2.30. The maximum absolute atomic E-state index is 12.9. The van der Waals surface area contributed by atoms with Gasteiger partial charge in [-0.25, -0.2) is 0 Å². The lowest BCUT2D eigenvalue weighted by atomic mass is 10.2. The molecule has 0 spiro atoms. The smallest absolute Gasteiger partial charge is 0.416 e. The molecule has 0 aliphatic heterocycles. The maximum Gasteiger partial charge on any atom is 0.416 e. The molecule has 32 heavy (non-hydrogen) atoms. The molecule has 0 amide bonds. The Bertz CT molecular complexity index is 1230. The summed E-state index contributed by atoms with van der Waals surface area (Å²) in [6.45, 7) is 0. The van der Waals surface area contributed by atoms with Gasteiger partial charge in [-0.3, -0.25) is 0 Å². The second kappa shape index (κ2) is 8.41. The van der Waals surface area contributed by atoms with Gasteiger partial charge in [0.25, 0.3) is 0 Å². The van der Waals surface area contributed by atoms with E-state index >= 15 is 0 Å². The van der Waals surface area contributed by atoms with Gasteiger partial charge in [-0.05, 0) is 42.5 Å². The van der Waals surface area contributed by atoms with Crippen molar-refractivity contribution in [3.63, 3.8) is 0 Å². The first-order valence-corrected chi connectivity index (χ1v) is 9.14. The zero-order valence-corrected chi connectivity index (χ0v) is 16.5. The third kappa shape index (κ3) is 4.86. The number of nitrogens with zero attached hydrogens (tertiary/aromatic N) is 4. The van der Waals surface area contributed by atoms with Gasteiger partial charge in [0.2, 0.25) is 11.8 Å². The molecule has 9 nitrogen and oxygen atoms in total. The summed E-state index contributed by atoms with van der Waals surface area (Å²) in [5.74, 6) is 1.51. The minimum atomic E-state index is -4.43. The first kappa shape index (κ1) is 20.9. The minimum Gasteiger partial charge on any atom is -0.467 e. The summed E-state index contributed by atoms with van der Waals surface area (Å²) in [5.41, 5.74) is 5.83. The van der Waals surface area contributed by atoms with Crippen LogP contribution < -0.4 is 20.5 Å². The lowest BCUT2D eigenvalue weighted by Crippen LogP contribution is -2.05. The number of nitrogens with two attached hydrogens (primary N) is 1. The van der Waals surface area contributed by atoms with E-state index in [0.29, 0.717) is 17.1 Å². The van der Waals surface area contributed by atoms with E-state index in [2.05, 4.69) is 30.5 Å². The number of benzene rings is 2. The first-order valence-electron chi connectivity index (χ1n) is 9.14. The van der Waals surface area contributed by atoms with Crippen molar-refractivity contribution in [2.75, 3.05) is 18.2 Å².